The van der Waals surface area contributed by atoms with E-state index < -0.39 is 25.0 Å². The molecule has 0 fully saturated rings. The second kappa shape index (κ2) is 42.0. The van der Waals surface area contributed by atoms with Crippen LogP contribution in [0.1, 0.15) is 132 Å². The summed E-state index contributed by atoms with van der Waals surface area (Å²) in [5.41, 5.74) is 8.89. The SMILES string of the molecule is CC(C)(C)[Si](C)(C)Oc1cc(O)cc(C=O)c1.COc1cc(/C=C\c2ccc(O)cc2)cc(OC)c1.COc1cc(C=O)cc(O[Si](C)(C)C(C)(C)C)c1.COc1ccc(C=Cc2cc(C)cc(OC)c2)cc1.COc1ccc(C=Cc2cc(OC)cc(O[Si](C)(C)C(C)(C)C)c2)cc1.O=Cc1cc(O)cc(O)c1. The maximum atomic E-state index is 10.9. The Hall–Kier alpha value is -10.9. The van der Waals surface area contributed by atoms with Crippen LogP contribution in [0.4, 0.5) is 0 Å². The highest BCUT2D eigenvalue weighted by Gasteiger charge is 2.41. The van der Waals surface area contributed by atoms with Gasteiger partial charge in [-0.05, 0) is 209 Å². The first-order valence-corrected chi connectivity index (χ1v) is 44.0. The molecule has 0 aromatic heterocycles. The van der Waals surface area contributed by atoms with Crippen LogP contribution in [-0.4, -0.2) is 114 Å². The Bertz CT molecular complexity index is 4400. The van der Waals surface area contributed by atoms with E-state index in [1.165, 1.54) is 23.8 Å². The quantitative estimate of drug-likeness (QED) is 0.0281. The molecule has 9 rings (SSSR count). The number of aldehydes is 3. The lowest BCUT2D eigenvalue weighted by molar-refractivity contribution is 0.111. The van der Waals surface area contributed by atoms with Gasteiger partial charge in [-0.3, -0.25) is 14.4 Å². The molecule has 0 atom stereocenters. The molecule has 109 heavy (non-hydrogen) atoms. The summed E-state index contributed by atoms with van der Waals surface area (Å²) in [5.74, 6) is 7.82. The van der Waals surface area contributed by atoms with E-state index in [1.54, 1.807) is 86.2 Å². The number of carbonyl (C=O) groups is 3. The van der Waals surface area contributed by atoms with Gasteiger partial charge in [0.25, 0.3) is 0 Å². The van der Waals surface area contributed by atoms with Crippen LogP contribution in [0.5, 0.6) is 80.5 Å². The highest BCUT2D eigenvalue weighted by Crippen LogP contribution is 2.41. The number of carbonyl (C=O) groups excluding carboxylic acids is 3. The Morgan fingerprint density at radius 1 is 0.248 bits per heavy atom. The molecule has 0 bridgehead atoms. The highest BCUT2D eigenvalue weighted by atomic mass is 28.4. The number of phenols is 4. The minimum Gasteiger partial charge on any atom is -0.543 e. The average molecular weight is 1540 g/mol. The predicted molar refractivity (Wildman–Crippen MR) is 452 cm³/mol. The zero-order chi connectivity index (χ0) is 81.5. The maximum Gasteiger partial charge on any atom is 0.250 e. The Morgan fingerprint density at radius 3 is 0.789 bits per heavy atom. The van der Waals surface area contributed by atoms with E-state index in [2.05, 4.69) is 145 Å². The number of phenolic OH excluding ortho intramolecular Hbond substituents is 4. The number of hydrogen-bond donors (Lipinski definition) is 4. The first-order chi connectivity index (χ1) is 51.1. The van der Waals surface area contributed by atoms with Crippen LogP contribution >= 0.6 is 0 Å². The number of rotatable bonds is 22. The van der Waals surface area contributed by atoms with Crippen LogP contribution < -0.4 is 46.4 Å². The van der Waals surface area contributed by atoms with E-state index in [-0.39, 0.29) is 43.7 Å². The molecule has 9 aromatic carbocycles. The molecule has 4 N–H and O–H groups in total. The first-order valence-electron chi connectivity index (χ1n) is 35.3. The number of aryl methyl sites for hydroxylation is 1. The van der Waals surface area contributed by atoms with Crippen LogP contribution in [0, 0.1) is 6.92 Å². The molecule has 0 saturated heterocycles. The van der Waals surface area contributed by atoms with E-state index >= 15 is 0 Å². The predicted octanol–water partition coefficient (Wildman–Crippen LogP) is 22.4. The summed E-state index contributed by atoms with van der Waals surface area (Å²) in [4.78, 5) is 31.7. The van der Waals surface area contributed by atoms with E-state index in [4.69, 9.17) is 56.6 Å². The van der Waals surface area contributed by atoms with Crippen molar-refractivity contribution < 1.29 is 81.2 Å². The highest BCUT2D eigenvalue weighted by molar-refractivity contribution is 6.75. The second-order valence-electron chi connectivity index (χ2n) is 29.9. The van der Waals surface area contributed by atoms with Crippen molar-refractivity contribution in [3.05, 3.63) is 238 Å². The Balaban J connectivity index is 0.000000281. The zero-order valence-electron chi connectivity index (χ0n) is 67.6. The van der Waals surface area contributed by atoms with E-state index in [0.29, 0.717) is 40.9 Å². The molecule has 0 aliphatic carbocycles. The van der Waals surface area contributed by atoms with E-state index in [0.717, 1.165) is 86.0 Å². The molecule has 20 heteroatoms. The van der Waals surface area contributed by atoms with Crippen LogP contribution in [0.2, 0.25) is 54.4 Å². The van der Waals surface area contributed by atoms with Gasteiger partial charge < -0.3 is 66.9 Å². The van der Waals surface area contributed by atoms with Crippen LogP contribution in [0.3, 0.4) is 0 Å². The molecule has 0 aliphatic rings. The van der Waals surface area contributed by atoms with Gasteiger partial charge in [-0.2, -0.15) is 0 Å². The first kappa shape index (κ1) is 90.5. The van der Waals surface area contributed by atoms with Gasteiger partial charge in [-0.15, -0.1) is 0 Å². The second-order valence-corrected chi connectivity index (χ2v) is 44.1. The molecule has 0 spiro atoms. The number of ether oxygens (including phenoxy) is 7. The zero-order valence-corrected chi connectivity index (χ0v) is 70.6. The fourth-order valence-corrected chi connectivity index (χ4v) is 12.0. The maximum absolute atomic E-state index is 10.9. The minimum atomic E-state index is -1.93. The summed E-state index contributed by atoms with van der Waals surface area (Å²) in [6, 6.07) is 54.5. The standard InChI is InChI=1S/C22H30O3Si.C17H18O2.C16H16O3.C14H22O3Si.C13H20O3Si.C7H6O3/c1-22(2,3)26(6,7)25-21-15-18(14-20(16-21)24-5)9-8-17-10-12-19(23-4)13-11-17;1-13-10-15(12-17(11-13)19-3)5-4-14-6-8-16(18-2)9-7-14;1-18-15-9-13(10-16(11-15)19-2)4-3-12-5-7-14(17)8-6-12;1-14(2,3)18(5,6)17-13-8-11(10-15)7-12(9-13)16-4;1-13(2,3)17(4,5)16-12-7-10(9-14)6-11(15)8-12;8-4-5-1-6(9)3-7(10)2-5/h8-16H,1-7H3;4-12H,1-3H3;3-11,17H,1-2H3;7-10H,1-6H3;6-9,15H,1-5H3;1-4,9-10H/b;;4-3-;;;. The molecule has 0 radical (unpaired) electrons. The summed E-state index contributed by atoms with van der Waals surface area (Å²) < 4.78 is 55.3. The third-order valence-electron chi connectivity index (χ3n) is 18.3. The normalized spacial score (nSPS) is 11.4. The minimum absolute atomic E-state index is 0.0586. The van der Waals surface area contributed by atoms with Gasteiger partial charge in [0.05, 0.1) is 49.8 Å². The molecule has 0 aliphatic heterocycles. The Morgan fingerprint density at radius 2 is 0.477 bits per heavy atom. The van der Waals surface area contributed by atoms with Crippen molar-refractivity contribution >= 4 is 80.3 Å². The molecule has 582 valence electrons. The fourth-order valence-electron chi connectivity index (χ4n) is 8.98. The molecule has 0 heterocycles. The van der Waals surface area contributed by atoms with Crippen LogP contribution in [-0.2, 0) is 0 Å². The van der Waals surface area contributed by atoms with Gasteiger partial charge in [0.15, 0.2) is 0 Å². The lowest BCUT2D eigenvalue weighted by atomic mass is 10.1. The van der Waals surface area contributed by atoms with Crippen molar-refractivity contribution in [1.29, 1.82) is 0 Å². The number of hydrogen-bond acceptors (Lipinski definition) is 17. The van der Waals surface area contributed by atoms with Crippen molar-refractivity contribution in [2.75, 3.05) is 49.8 Å². The van der Waals surface area contributed by atoms with E-state index in [1.807, 2.05) is 121 Å². The molecule has 0 unspecified atom stereocenters. The van der Waals surface area contributed by atoms with Gasteiger partial charge in [0, 0.05) is 47.0 Å². The van der Waals surface area contributed by atoms with Crippen molar-refractivity contribution in [2.45, 2.75) is 124 Å². The summed E-state index contributed by atoms with van der Waals surface area (Å²) in [5, 5.41) is 36.7. The summed E-state index contributed by atoms with van der Waals surface area (Å²) >= 11 is 0. The van der Waals surface area contributed by atoms with Gasteiger partial charge in [0.2, 0.25) is 25.0 Å². The van der Waals surface area contributed by atoms with Crippen molar-refractivity contribution in [3.63, 3.8) is 0 Å². The molecule has 9 aromatic rings. The van der Waals surface area contributed by atoms with Crippen molar-refractivity contribution in [2.24, 2.45) is 0 Å². The Kier molecular flexibility index (Phi) is 34.8. The number of benzene rings is 9. The lowest BCUT2D eigenvalue weighted by Crippen LogP contribution is -2.43. The Labute approximate surface area is 649 Å². The van der Waals surface area contributed by atoms with Crippen molar-refractivity contribution in [1.82, 2.24) is 0 Å². The van der Waals surface area contributed by atoms with Crippen LogP contribution in [0.15, 0.2) is 182 Å². The number of methoxy groups -OCH3 is 7. The third-order valence-corrected chi connectivity index (χ3v) is 31.3. The third kappa shape index (κ3) is 31.1. The van der Waals surface area contributed by atoms with Gasteiger partial charge in [0.1, 0.15) is 99.4 Å². The molecular weight excluding hydrogens is 1430 g/mol. The van der Waals surface area contributed by atoms with Gasteiger partial charge in [-0.1, -0.05) is 141 Å². The summed E-state index contributed by atoms with van der Waals surface area (Å²) in [7, 11) is 5.83. The molecule has 0 amide bonds. The molecule has 0 saturated carbocycles. The largest absolute Gasteiger partial charge is 0.543 e. The summed E-state index contributed by atoms with van der Waals surface area (Å²) in [6.07, 6.45) is 14.3. The molecule has 17 nitrogen and oxygen atoms in total. The summed E-state index contributed by atoms with van der Waals surface area (Å²) in [6.45, 7) is 34.8. The van der Waals surface area contributed by atoms with Crippen molar-refractivity contribution in [3.8, 4) is 80.5 Å². The van der Waals surface area contributed by atoms with Crippen LogP contribution in [0.25, 0.3) is 36.5 Å². The smallest absolute Gasteiger partial charge is 0.250 e. The van der Waals surface area contributed by atoms with Gasteiger partial charge in [-0.25, -0.2) is 0 Å². The monoisotopic (exact) mass is 1540 g/mol. The van der Waals surface area contributed by atoms with Gasteiger partial charge >= 0.3 is 0 Å². The average Bonchev–Trinajstić information content (AvgIpc) is 0.818. The molecular formula is C89H112O17Si3. The fraction of sp³-hybridized carbons (Fsp3) is 0.292. The topological polar surface area (TPSA) is 224 Å². The lowest BCUT2D eigenvalue weighted by Gasteiger charge is -2.36. The van der Waals surface area contributed by atoms with E-state index in [9.17, 15) is 24.6 Å². The number of aromatic hydroxyl groups is 4.